The molecule has 106 valence electrons. The van der Waals surface area contributed by atoms with Crippen molar-refractivity contribution in [3.63, 3.8) is 0 Å². The Bertz CT molecular complexity index is 254. The lowest BCUT2D eigenvalue weighted by Crippen LogP contribution is -2.39. The zero-order valence-electron chi connectivity index (χ0n) is 12.2. The Morgan fingerprint density at radius 3 is 2.67 bits per heavy atom. The Labute approximate surface area is 111 Å². The van der Waals surface area contributed by atoms with Gasteiger partial charge in [0.1, 0.15) is 0 Å². The summed E-state index contributed by atoms with van der Waals surface area (Å²) in [6, 6.07) is 0. The number of hydrogen-bond donors (Lipinski definition) is 1. The molecule has 0 aliphatic carbocycles. The van der Waals surface area contributed by atoms with Gasteiger partial charge in [0.25, 0.3) is 0 Å². The van der Waals surface area contributed by atoms with Gasteiger partial charge in [0.15, 0.2) is 0 Å². The minimum absolute atomic E-state index is 0.225. The van der Waals surface area contributed by atoms with Crippen LogP contribution in [0.25, 0.3) is 0 Å². The molecule has 0 bridgehead atoms. The quantitative estimate of drug-likeness (QED) is 0.674. The van der Waals surface area contributed by atoms with Gasteiger partial charge in [-0.25, -0.2) is 0 Å². The summed E-state index contributed by atoms with van der Waals surface area (Å²) in [6.07, 6.45) is 2.18. The van der Waals surface area contributed by atoms with Crippen LogP contribution in [0.15, 0.2) is 0 Å². The second kappa shape index (κ2) is 7.74. The van der Waals surface area contributed by atoms with E-state index in [1.807, 2.05) is 4.90 Å². The first-order valence-electron chi connectivity index (χ1n) is 7.11. The Kier molecular flexibility index (Phi) is 6.65. The van der Waals surface area contributed by atoms with Crippen LogP contribution in [0.1, 0.15) is 40.5 Å². The fraction of sp³-hybridized carbons (Fsp3) is 0.929. The van der Waals surface area contributed by atoms with Crippen LogP contribution in [0.2, 0.25) is 0 Å². The Hall–Kier alpha value is -0.610. The lowest BCUT2D eigenvalue weighted by atomic mass is 10.1. The molecule has 0 aromatic heterocycles. The van der Waals surface area contributed by atoms with E-state index < -0.39 is 0 Å². The van der Waals surface area contributed by atoms with E-state index in [-0.39, 0.29) is 12.1 Å². The number of carbonyl (C=O) groups is 1. The molecule has 1 saturated heterocycles. The Balaban J connectivity index is 2.23. The Morgan fingerprint density at radius 1 is 1.33 bits per heavy atom. The third-order valence-electron chi connectivity index (χ3n) is 3.02. The van der Waals surface area contributed by atoms with Gasteiger partial charge < -0.3 is 9.64 Å². The zero-order chi connectivity index (χ0) is 13.5. The molecule has 1 heterocycles. The van der Waals surface area contributed by atoms with Crippen molar-refractivity contribution in [2.45, 2.75) is 46.7 Å². The molecule has 0 spiro atoms. The molecule has 1 unspecified atom stereocenters. The topological polar surface area (TPSA) is 41.6 Å². The van der Waals surface area contributed by atoms with Gasteiger partial charge in [-0.05, 0) is 24.7 Å². The largest absolute Gasteiger partial charge is 0.381 e. The van der Waals surface area contributed by atoms with Crippen molar-refractivity contribution in [3.8, 4) is 0 Å². The van der Waals surface area contributed by atoms with Crippen LogP contribution in [-0.2, 0) is 9.53 Å². The molecule has 0 aromatic carbocycles. The average Bonchev–Trinajstić information content (AvgIpc) is 2.59. The molecule has 1 amide bonds. The maximum atomic E-state index is 11.8. The fourth-order valence-electron chi connectivity index (χ4n) is 2.18. The maximum absolute atomic E-state index is 11.8. The average molecular weight is 256 g/mol. The minimum atomic E-state index is 0.225. The van der Waals surface area contributed by atoms with Gasteiger partial charge in [-0.3, -0.25) is 10.1 Å². The second-order valence-electron chi connectivity index (χ2n) is 5.94. The van der Waals surface area contributed by atoms with Crippen molar-refractivity contribution in [1.29, 1.82) is 0 Å². The molecule has 1 aliphatic heterocycles. The number of carbonyl (C=O) groups excluding carboxylic acids is 1. The van der Waals surface area contributed by atoms with Gasteiger partial charge in [-0.2, -0.15) is 0 Å². The van der Waals surface area contributed by atoms with Crippen LogP contribution in [0.4, 0.5) is 0 Å². The summed E-state index contributed by atoms with van der Waals surface area (Å²) in [7, 11) is 0. The van der Waals surface area contributed by atoms with Gasteiger partial charge in [-0.1, -0.05) is 27.7 Å². The Morgan fingerprint density at radius 2 is 2.06 bits per heavy atom. The number of rotatable bonds is 8. The van der Waals surface area contributed by atoms with Crippen molar-refractivity contribution in [3.05, 3.63) is 0 Å². The molecule has 1 aliphatic rings. The minimum Gasteiger partial charge on any atom is -0.381 e. The first-order chi connectivity index (χ1) is 8.50. The highest BCUT2D eigenvalue weighted by molar-refractivity contribution is 5.80. The van der Waals surface area contributed by atoms with E-state index in [0.29, 0.717) is 18.4 Å². The molecule has 4 heteroatoms. The number of amides is 1. The van der Waals surface area contributed by atoms with E-state index in [1.54, 1.807) is 0 Å². The van der Waals surface area contributed by atoms with Crippen LogP contribution >= 0.6 is 0 Å². The molecule has 0 saturated carbocycles. The summed E-state index contributed by atoms with van der Waals surface area (Å²) < 4.78 is 5.55. The molecule has 1 fully saturated rings. The highest BCUT2D eigenvalue weighted by atomic mass is 16.5. The van der Waals surface area contributed by atoms with Crippen molar-refractivity contribution < 1.29 is 9.53 Å². The normalized spacial score (nSPS) is 20.4. The van der Waals surface area contributed by atoms with Crippen LogP contribution in [0, 0.1) is 11.8 Å². The van der Waals surface area contributed by atoms with Crippen LogP contribution in [-0.4, -0.2) is 43.3 Å². The molecular weight excluding hydrogens is 228 g/mol. The van der Waals surface area contributed by atoms with Gasteiger partial charge in [0.2, 0.25) is 5.91 Å². The highest BCUT2D eigenvalue weighted by Crippen LogP contribution is 2.14. The second-order valence-corrected chi connectivity index (χ2v) is 5.94. The summed E-state index contributed by atoms with van der Waals surface area (Å²) in [5, 5.41) is 3.28. The maximum Gasteiger partial charge on any atom is 0.237 e. The zero-order valence-corrected chi connectivity index (χ0v) is 12.2. The van der Waals surface area contributed by atoms with E-state index >= 15 is 0 Å². The van der Waals surface area contributed by atoms with Gasteiger partial charge >= 0.3 is 0 Å². The third-order valence-corrected chi connectivity index (χ3v) is 3.02. The number of hydrogen-bond acceptors (Lipinski definition) is 3. The van der Waals surface area contributed by atoms with Crippen LogP contribution in [0.3, 0.4) is 0 Å². The molecule has 1 N–H and O–H groups in total. The first kappa shape index (κ1) is 15.4. The van der Waals surface area contributed by atoms with Crippen molar-refractivity contribution in [2.75, 3.05) is 26.3 Å². The van der Waals surface area contributed by atoms with E-state index in [4.69, 9.17) is 4.74 Å². The molecular formula is C14H28N2O2. The summed E-state index contributed by atoms with van der Waals surface area (Å²) in [5.41, 5.74) is 0. The molecule has 1 rings (SSSR count). The first-order valence-corrected chi connectivity index (χ1v) is 7.11. The van der Waals surface area contributed by atoms with E-state index in [1.165, 1.54) is 0 Å². The SMILES string of the molecule is CC(C)COCCCN1C(=O)CNC1CC(C)C. The molecule has 4 nitrogen and oxygen atoms in total. The number of nitrogens with zero attached hydrogens (tertiary/aromatic N) is 1. The predicted molar refractivity (Wildman–Crippen MR) is 73.2 cm³/mol. The lowest BCUT2D eigenvalue weighted by molar-refractivity contribution is -0.128. The number of nitrogens with one attached hydrogen (secondary N) is 1. The van der Waals surface area contributed by atoms with E-state index in [2.05, 4.69) is 33.0 Å². The van der Waals surface area contributed by atoms with Gasteiger partial charge in [0.05, 0.1) is 12.7 Å². The smallest absolute Gasteiger partial charge is 0.237 e. The monoisotopic (exact) mass is 256 g/mol. The van der Waals surface area contributed by atoms with E-state index in [0.717, 1.165) is 32.6 Å². The summed E-state index contributed by atoms with van der Waals surface area (Å²) in [5.74, 6) is 1.41. The third kappa shape index (κ3) is 5.36. The van der Waals surface area contributed by atoms with Crippen molar-refractivity contribution in [1.82, 2.24) is 10.2 Å². The highest BCUT2D eigenvalue weighted by Gasteiger charge is 2.29. The van der Waals surface area contributed by atoms with Gasteiger partial charge in [-0.15, -0.1) is 0 Å². The van der Waals surface area contributed by atoms with E-state index in [9.17, 15) is 4.79 Å². The van der Waals surface area contributed by atoms with Crippen molar-refractivity contribution in [2.24, 2.45) is 11.8 Å². The van der Waals surface area contributed by atoms with Crippen LogP contribution < -0.4 is 5.32 Å². The molecule has 1 atom stereocenters. The standard InChI is InChI=1S/C14H28N2O2/c1-11(2)8-13-15-9-14(17)16(13)6-5-7-18-10-12(3)4/h11-13,15H,5-10H2,1-4H3. The lowest BCUT2D eigenvalue weighted by Gasteiger charge is -2.25. The summed E-state index contributed by atoms with van der Waals surface area (Å²) in [6.45, 7) is 11.5. The molecule has 0 aromatic rings. The molecule has 18 heavy (non-hydrogen) atoms. The van der Waals surface area contributed by atoms with Gasteiger partial charge in [0, 0.05) is 19.8 Å². The van der Waals surface area contributed by atoms with Crippen molar-refractivity contribution >= 4 is 5.91 Å². The summed E-state index contributed by atoms with van der Waals surface area (Å²) >= 11 is 0. The van der Waals surface area contributed by atoms with Crippen LogP contribution in [0.5, 0.6) is 0 Å². The summed E-state index contributed by atoms with van der Waals surface area (Å²) in [4.78, 5) is 13.7. The fourth-order valence-corrected chi connectivity index (χ4v) is 2.18. The number of ether oxygens (including phenoxy) is 1. The predicted octanol–water partition coefficient (Wildman–Crippen LogP) is 1.85. The molecule has 0 radical (unpaired) electrons.